The smallest absolute Gasteiger partial charge is 0.251 e. The van der Waals surface area contributed by atoms with Gasteiger partial charge in [-0.05, 0) is 37.1 Å². The summed E-state index contributed by atoms with van der Waals surface area (Å²) in [6, 6.07) is 11.4. The van der Waals surface area contributed by atoms with E-state index in [0.717, 1.165) is 62.8 Å². The first-order chi connectivity index (χ1) is 13.3. The van der Waals surface area contributed by atoms with Crippen LogP contribution in [-0.2, 0) is 9.47 Å². The Labute approximate surface area is 158 Å². The van der Waals surface area contributed by atoms with Gasteiger partial charge in [-0.3, -0.25) is 4.79 Å². The lowest BCUT2D eigenvalue weighted by molar-refractivity contribution is 0.0858. The summed E-state index contributed by atoms with van der Waals surface area (Å²) >= 11 is 0. The molecule has 27 heavy (non-hydrogen) atoms. The minimum absolute atomic E-state index is 0.0780. The highest BCUT2D eigenvalue weighted by atomic mass is 16.5. The fourth-order valence-electron chi connectivity index (χ4n) is 3.35. The highest BCUT2D eigenvalue weighted by molar-refractivity contribution is 5.94. The lowest BCUT2D eigenvalue weighted by Gasteiger charge is -2.27. The largest absolute Gasteiger partial charge is 0.378 e. The van der Waals surface area contributed by atoms with Gasteiger partial charge in [0.25, 0.3) is 5.91 Å². The molecule has 0 bridgehead atoms. The number of amides is 1. The zero-order valence-corrected chi connectivity index (χ0v) is 15.3. The van der Waals surface area contributed by atoms with Crippen LogP contribution in [0, 0.1) is 0 Å². The molecule has 1 aromatic carbocycles. The Morgan fingerprint density at radius 3 is 2.56 bits per heavy atom. The Morgan fingerprint density at radius 2 is 1.89 bits per heavy atom. The van der Waals surface area contributed by atoms with Gasteiger partial charge >= 0.3 is 0 Å². The van der Waals surface area contributed by atoms with E-state index in [9.17, 15) is 4.79 Å². The van der Waals surface area contributed by atoms with Crippen molar-refractivity contribution in [2.24, 2.45) is 0 Å². The summed E-state index contributed by atoms with van der Waals surface area (Å²) in [4.78, 5) is 14.4. The molecule has 7 nitrogen and oxygen atoms in total. The highest BCUT2D eigenvalue weighted by Gasteiger charge is 2.17. The maximum Gasteiger partial charge on any atom is 0.251 e. The lowest BCUT2D eigenvalue weighted by atomic mass is 10.1. The van der Waals surface area contributed by atoms with Crippen LogP contribution in [0.3, 0.4) is 0 Å². The number of hydrogen-bond donors (Lipinski definition) is 1. The molecule has 0 radical (unpaired) electrons. The number of nitrogens with zero attached hydrogens (tertiary/aromatic N) is 3. The Kier molecular flexibility index (Phi) is 5.60. The second-order valence-corrected chi connectivity index (χ2v) is 6.80. The molecule has 1 N–H and O–H groups in total. The van der Waals surface area contributed by atoms with Crippen molar-refractivity contribution in [3.8, 4) is 11.3 Å². The summed E-state index contributed by atoms with van der Waals surface area (Å²) in [5, 5.41) is 11.6. The summed E-state index contributed by atoms with van der Waals surface area (Å²) < 4.78 is 10.9. The van der Waals surface area contributed by atoms with Crippen molar-refractivity contribution >= 4 is 11.7 Å². The van der Waals surface area contributed by atoms with E-state index < -0.39 is 0 Å². The van der Waals surface area contributed by atoms with Crippen LogP contribution in [0.4, 0.5) is 5.82 Å². The summed E-state index contributed by atoms with van der Waals surface area (Å²) in [5.74, 6) is 0.790. The number of rotatable bonds is 5. The van der Waals surface area contributed by atoms with Gasteiger partial charge in [0.15, 0.2) is 5.82 Å². The number of aromatic nitrogens is 2. The molecule has 7 heteroatoms. The third kappa shape index (κ3) is 4.43. The molecule has 3 heterocycles. The Balaban J connectivity index is 1.37. The Hall–Kier alpha value is -2.51. The maximum atomic E-state index is 12.3. The van der Waals surface area contributed by atoms with Gasteiger partial charge in [-0.25, -0.2) is 0 Å². The van der Waals surface area contributed by atoms with E-state index in [1.54, 1.807) is 0 Å². The van der Waals surface area contributed by atoms with Crippen LogP contribution in [-0.4, -0.2) is 61.7 Å². The molecule has 1 atom stereocenters. The monoisotopic (exact) mass is 368 g/mol. The number of anilines is 1. The summed E-state index contributed by atoms with van der Waals surface area (Å²) in [6.45, 7) is 4.47. The number of carbonyl (C=O) groups is 1. The van der Waals surface area contributed by atoms with Gasteiger partial charge in [0, 0.05) is 37.4 Å². The number of hydrogen-bond acceptors (Lipinski definition) is 6. The molecule has 2 aliphatic heterocycles. The van der Waals surface area contributed by atoms with E-state index in [2.05, 4.69) is 20.4 Å². The molecule has 1 aromatic heterocycles. The fourth-order valence-corrected chi connectivity index (χ4v) is 3.35. The van der Waals surface area contributed by atoms with Crippen LogP contribution < -0.4 is 10.2 Å². The highest BCUT2D eigenvalue weighted by Crippen LogP contribution is 2.20. The molecule has 1 amide bonds. The number of carbonyl (C=O) groups excluding carboxylic acids is 1. The number of morpholine rings is 1. The summed E-state index contributed by atoms with van der Waals surface area (Å²) in [5.41, 5.74) is 2.36. The van der Waals surface area contributed by atoms with E-state index >= 15 is 0 Å². The van der Waals surface area contributed by atoms with Crippen molar-refractivity contribution in [2.75, 3.05) is 44.4 Å². The second-order valence-electron chi connectivity index (χ2n) is 6.80. The van der Waals surface area contributed by atoms with E-state index in [-0.39, 0.29) is 12.0 Å². The lowest BCUT2D eigenvalue weighted by Crippen LogP contribution is -2.36. The summed E-state index contributed by atoms with van der Waals surface area (Å²) in [6.07, 6.45) is 2.23. The molecular formula is C20H24N4O3. The molecule has 2 aromatic rings. The topological polar surface area (TPSA) is 76.6 Å². The van der Waals surface area contributed by atoms with Crippen LogP contribution in [0.5, 0.6) is 0 Å². The molecule has 2 saturated heterocycles. The average molecular weight is 368 g/mol. The van der Waals surface area contributed by atoms with Crippen LogP contribution >= 0.6 is 0 Å². The van der Waals surface area contributed by atoms with Crippen molar-refractivity contribution in [3.63, 3.8) is 0 Å². The third-order valence-electron chi connectivity index (χ3n) is 4.94. The molecule has 1 unspecified atom stereocenters. The van der Waals surface area contributed by atoms with Gasteiger partial charge in [0.2, 0.25) is 0 Å². The predicted octanol–water partition coefficient (Wildman–Crippen LogP) is 1.89. The van der Waals surface area contributed by atoms with E-state index in [1.807, 2.05) is 36.4 Å². The van der Waals surface area contributed by atoms with Crippen LogP contribution in [0.15, 0.2) is 36.4 Å². The van der Waals surface area contributed by atoms with Crippen molar-refractivity contribution < 1.29 is 14.3 Å². The number of benzene rings is 1. The van der Waals surface area contributed by atoms with Gasteiger partial charge < -0.3 is 19.7 Å². The van der Waals surface area contributed by atoms with Crippen LogP contribution in [0.2, 0.25) is 0 Å². The Morgan fingerprint density at radius 1 is 1.07 bits per heavy atom. The molecule has 2 fully saturated rings. The van der Waals surface area contributed by atoms with Gasteiger partial charge in [-0.1, -0.05) is 12.1 Å². The van der Waals surface area contributed by atoms with E-state index in [0.29, 0.717) is 12.1 Å². The van der Waals surface area contributed by atoms with Crippen molar-refractivity contribution in [1.82, 2.24) is 15.5 Å². The molecule has 0 spiro atoms. The number of nitrogens with one attached hydrogen (secondary N) is 1. The predicted molar refractivity (Wildman–Crippen MR) is 102 cm³/mol. The summed E-state index contributed by atoms with van der Waals surface area (Å²) in [7, 11) is 0. The normalized spacial score (nSPS) is 19.9. The second kappa shape index (κ2) is 8.45. The molecule has 142 valence electrons. The fraction of sp³-hybridized carbons (Fsp3) is 0.450. The first kappa shape index (κ1) is 17.9. The zero-order valence-electron chi connectivity index (χ0n) is 15.3. The van der Waals surface area contributed by atoms with Gasteiger partial charge in [0.05, 0.1) is 25.0 Å². The molecule has 0 saturated carbocycles. The van der Waals surface area contributed by atoms with E-state index in [1.165, 1.54) is 0 Å². The minimum atomic E-state index is -0.0780. The van der Waals surface area contributed by atoms with Gasteiger partial charge in [-0.15, -0.1) is 10.2 Å². The molecule has 0 aliphatic carbocycles. The van der Waals surface area contributed by atoms with Gasteiger partial charge in [-0.2, -0.15) is 0 Å². The zero-order chi connectivity index (χ0) is 18.5. The van der Waals surface area contributed by atoms with Crippen LogP contribution in [0.1, 0.15) is 23.2 Å². The van der Waals surface area contributed by atoms with Crippen LogP contribution in [0.25, 0.3) is 11.3 Å². The molecule has 2 aliphatic rings. The standard InChI is InChI=1S/C20H24N4O3/c25-20(21-14-17-2-1-11-27-17)16-5-3-15(4-6-16)18-7-8-19(23-22-18)24-9-12-26-13-10-24/h3-8,17H,1-2,9-14H2,(H,21,25). The first-order valence-corrected chi connectivity index (χ1v) is 9.46. The first-order valence-electron chi connectivity index (χ1n) is 9.46. The number of ether oxygens (including phenoxy) is 2. The third-order valence-corrected chi connectivity index (χ3v) is 4.94. The van der Waals surface area contributed by atoms with Crippen molar-refractivity contribution in [1.29, 1.82) is 0 Å². The quantitative estimate of drug-likeness (QED) is 0.869. The van der Waals surface area contributed by atoms with Crippen molar-refractivity contribution in [3.05, 3.63) is 42.0 Å². The SMILES string of the molecule is O=C(NCC1CCCO1)c1ccc(-c2ccc(N3CCOCC3)nn2)cc1. The minimum Gasteiger partial charge on any atom is -0.378 e. The maximum absolute atomic E-state index is 12.3. The average Bonchev–Trinajstić information content (AvgIpc) is 3.27. The Bertz CT molecular complexity index is 752. The van der Waals surface area contributed by atoms with E-state index in [4.69, 9.17) is 9.47 Å². The molecular weight excluding hydrogens is 344 g/mol. The van der Waals surface area contributed by atoms with Crippen molar-refractivity contribution in [2.45, 2.75) is 18.9 Å². The molecule has 4 rings (SSSR count). The van der Waals surface area contributed by atoms with Gasteiger partial charge in [0.1, 0.15) is 0 Å².